The van der Waals surface area contributed by atoms with Crippen LogP contribution in [0.2, 0.25) is 0 Å². The van der Waals surface area contributed by atoms with E-state index in [2.05, 4.69) is 16.0 Å². The molecule has 0 spiro atoms. The number of anilines is 2. The Labute approximate surface area is 212 Å². The highest BCUT2D eigenvalue weighted by Gasteiger charge is 2.10. The Bertz CT molecular complexity index is 991. The Kier molecular flexibility index (Phi) is 13.0. The van der Waals surface area contributed by atoms with Crippen LogP contribution in [0, 0.1) is 0 Å². The first-order chi connectivity index (χ1) is 15.6. The zero-order chi connectivity index (χ0) is 22.8. The molecule has 9 heteroatoms. The Morgan fingerprint density at radius 3 is 2.18 bits per heavy atom. The van der Waals surface area contributed by atoms with E-state index in [9.17, 15) is 20.1 Å². The SMILES string of the molecule is Cl.Cl.O=CNc1cc([C@@H](O)CNCCc2ccc(NC[C@H](O)c3ccccc3)cc2)ccc1O. The highest BCUT2D eigenvalue weighted by atomic mass is 35.5. The molecule has 0 unspecified atom stereocenters. The smallest absolute Gasteiger partial charge is 0.211 e. The lowest BCUT2D eigenvalue weighted by atomic mass is 10.1. The molecule has 0 aliphatic rings. The van der Waals surface area contributed by atoms with Crippen LogP contribution in [0.5, 0.6) is 5.75 Å². The second-order valence-electron chi connectivity index (χ2n) is 7.51. The van der Waals surface area contributed by atoms with Crippen molar-refractivity contribution >= 4 is 42.6 Å². The first kappa shape index (κ1) is 29.2. The molecule has 0 aliphatic carbocycles. The van der Waals surface area contributed by atoms with Crippen molar-refractivity contribution < 1.29 is 20.1 Å². The van der Waals surface area contributed by atoms with E-state index in [0.29, 0.717) is 31.6 Å². The van der Waals surface area contributed by atoms with Crippen molar-refractivity contribution in [3.05, 3.63) is 89.5 Å². The van der Waals surface area contributed by atoms with Crippen LogP contribution in [0.15, 0.2) is 72.8 Å². The standard InChI is InChI=1S/C25H29N3O4.2ClH/c29-17-28-22-14-20(8-11-23(22)30)24(31)15-26-13-12-18-6-9-21(10-7-18)27-16-25(32)19-4-2-1-3-5-19;;/h1-11,14,17,24-27,30-32H,12-13,15-16H2,(H,28,29);2*1H/t24-,25-;;/m0../s1. The fourth-order valence-corrected chi connectivity index (χ4v) is 3.33. The average molecular weight is 508 g/mol. The summed E-state index contributed by atoms with van der Waals surface area (Å²) in [5.74, 6) is -0.0477. The number of rotatable bonds is 12. The Morgan fingerprint density at radius 1 is 0.824 bits per heavy atom. The Hall–Kier alpha value is -2.81. The number of hydrogen-bond donors (Lipinski definition) is 6. The normalized spacial score (nSPS) is 11.9. The summed E-state index contributed by atoms with van der Waals surface area (Å²) < 4.78 is 0. The van der Waals surface area contributed by atoms with Crippen LogP contribution in [0.3, 0.4) is 0 Å². The minimum absolute atomic E-state index is 0. The van der Waals surface area contributed by atoms with Gasteiger partial charge in [0.25, 0.3) is 0 Å². The third-order valence-electron chi connectivity index (χ3n) is 5.19. The summed E-state index contributed by atoms with van der Waals surface area (Å²) in [6.07, 6.45) is -0.0427. The van der Waals surface area contributed by atoms with E-state index in [1.54, 1.807) is 12.1 Å². The molecule has 0 aliphatic heterocycles. The number of carbonyl (C=O) groups is 1. The van der Waals surface area contributed by atoms with Gasteiger partial charge in [0.2, 0.25) is 6.41 Å². The van der Waals surface area contributed by atoms with Crippen LogP contribution in [0.1, 0.15) is 28.9 Å². The van der Waals surface area contributed by atoms with Gasteiger partial charge in [0.05, 0.1) is 17.9 Å². The molecule has 3 aromatic carbocycles. The van der Waals surface area contributed by atoms with E-state index in [1.165, 1.54) is 6.07 Å². The number of benzene rings is 3. The number of carbonyl (C=O) groups excluding carboxylic acids is 1. The lowest BCUT2D eigenvalue weighted by Crippen LogP contribution is -2.23. The molecule has 0 aromatic heterocycles. The van der Waals surface area contributed by atoms with Gasteiger partial charge in [-0.05, 0) is 53.9 Å². The van der Waals surface area contributed by atoms with Gasteiger partial charge in [-0.1, -0.05) is 48.5 Å². The molecule has 0 heterocycles. The van der Waals surface area contributed by atoms with Crippen molar-refractivity contribution in [2.75, 3.05) is 30.3 Å². The van der Waals surface area contributed by atoms with Gasteiger partial charge in [0, 0.05) is 18.8 Å². The Balaban J connectivity index is 0.00000289. The molecule has 2 atom stereocenters. The summed E-state index contributed by atoms with van der Waals surface area (Å²) >= 11 is 0. The highest BCUT2D eigenvalue weighted by Crippen LogP contribution is 2.26. The predicted octanol–water partition coefficient (Wildman–Crippen LogP) is 3.82. The van der Waals surface area contributed by atoms with Gasteiger partial charge >= 0.3 is 0 Å². The topological polar surface area (TPSA) is 114 Å². The number of phenols is 1. The molecule has 0 saturated heterocycles. The summed E-state index contributed by atoms with van der Waals surface area (Å²) in [6, 6.07) is 22.2. The summed E-state index contributed by atoms with van der Waals surface area (Å²) in [5, 5.41) is 39.1. The van der Waals surface area contributed by atoms with Gasteiger partial charge in [0.1, 0.15) is 5.75 Å². The average Bonchev–Trinajstić information content (AvgIpc) is 2.83. The zero-order valence-electron chi connectivity index (χ0n) is 18.6. The number of phenolic OH excluding ortho intramolecular Hbond substituents is 1. The van der Waals surface area contributed by atoms with Crippen molar-refractivity contribution in [3.63, 3.8) is 0 Å². The summed E-state index contributed by atoms with van der Waals surface area (Å²) in [4.78, 5) is 10.6. The quantitative estimate of drug-likeness (QED) is 0.126. The molecule has 184 valence electrons. The number of aliphatic hydroxyl groups excluding tert-OH is 2. The number of aromatic hydroxyl groups is 1. The summed E-state index contributed by atoms with van der Waals surface area (Å²) in [7, 11) is 0. The molecule has 0 bridgehead atoms. The fraction of sp³-hybridized carbons (Fsp3) is 0.240. The van der Waals surface area contributed by atoms with Crippen LogP contribution in [0.4, 0.5) is 11.4 Å². The van der Waals surface area contributed by atoms with Gasteiger partial charge in [-0.25, -0.2) is 0 Å². The molecule has 0 fully saturated rings. The molecule has 34 heavy (non-hydrogen) atoms. The van der Waals surface area contributed by atoms with Crippen molar-refractivity contribution in [3.8, 4) is 5.75 Å². The van der Waals surface area contributed by atoms with E-state index in [1.807, 2.05) is 54.6 Å². The lowest BCUT2D eigenvalue weighted by molar-refractivity contribution is -0.105. The molecule has 3 rings (SSSR count). The summed E-state index contributed by atoms with van der Waals surface area (Å²) in [6.45, 7) is 1.47. The number of hydrogen-bond acceptors (Lipinski definition) is 6. The van der Waals surface area contributed by atoms with E-state index in [0.717, 1.165) is 23.2 Å². The largest absolute Gasteiger partial charge is 0.506 e. The molecule has 0 radical (unpaired) electrons. The van der Waals surface area contributed by atoms with E-state index >= 15 is 0 Å². The van der Waals surface area contributed by atoms with Crippen LogP contribution in [0.25, 0.3) is 0 Å². The maximum Gasteiger partial charge on any atom is 0.211 e. The van der Waals surface area contributed by atoms with Gasteiger partial charge in [-0.3, -0.25) is 4.79 Å². The number of aliphatic hydroxyl groups is 2. The zero-order valence-corrected chi connectivity index (χ0v) is 20.2. The third kappa shape index (κ3) is 8.85. The van der Waals surface area contributed by atoms with Crippen LogP contribution in [-0.4, -0.2) is 41.4 Å². The van der Waals surface area contributed by atoms with E-state index in [4.69, 9.17) is 0 Å². The van der Waals surface area contributed by atoms with Crippen molar-refractivity contribution in [1.82, 2.24) is 5.32 Å². The Morgan fingerprint density at radius 2 is 1.50 bits per heavy atom. The molecular weight excluding hydrogens is 477 g/mol. The maximum atomic E-state index is 10.6. The number of halogens is 2. The lowest BCUT2D eigenvalue weighted by Gasteiger charge is -2.15. The molecule has 3 aromatic rings. The maximum absolute atomic E-state index is 10.6. The van der Waals surface area contributed by atoms with Crippen LogP contribution >= 0.6 is 24.8 Å². The van der Waals surface area contributed by atoms with Gasteiger partial charge in [-0.15, -0.1) is 24.8 Å². The molecular formula is C25H31Cl2N3O4. The molecule has 0 saturated carbocycles. The second kappa shape index (κ2) is 15.2. The van der Waals surface area contributed by atoms with Crippen molar-refractivity contribution in [2.24, 2.45) is 0 Å². The van der Waals surface area contributed by atoms with Gasteiger partial charge in [-0.2, -0.15) is 0 Å². The van der Waals surface area contributed by atoms with Gasteiger partial charge < -0.3 is 31.3 Å². The molecule has 6 N–H and O–H groups in total. The first-order valence-corrected chi connectivity index (χ1v) is 10.5. The van der Waals surface area contributed by atoms with Crippen molar-refractivity contribution in [1.29, 1.82) is 0 Å². The fourth-order valence-electron chi connectivity index (χ4n) is 3.33. The predicted molar refractivity (Wildman–Crippen MR) is 140 cm³/mol. The molecule has 1 amide bonds. The van der Waals surface area contributed by atoms with Crippen LogP contribution in [-0.2, 0) is 11.2 Å². The minimum Gasteiger partial charge on any atom is -0.506 e. The van der Waals surface area contributed by atoms with Gasteiger partial charge in [0.15, 0.2) is 0 Å². The number of nitrogens with one attached hydrogen (secondary N) is 3. The number of amides is 1. The summed E-state index contributed by atoms with van der Waals surface area (Å²) in [5.41, 5.74) is 3.85. The first-order valence-electron chi connectivity index (χ1n) is 10.5. The van der Waals surface area contributed by atoms with Crippen molar-refractivity contribution in [2.45, 2.75) is 18.6 Å². The third-order valence-corrected chi connectivity index (χ3v) is 5.19. The van der Waals surface area contributed by atoms with E-state index < -0.39 is 12.2 Å². The van der Waals surface area contributed by atoms with E-state index in [-0.39, 0.29) is 36.3 Å². The highest BCUT2D eigenvalue weighted by molar-refractivity contribution is 5.85. The molecule has 7 nitrogen and oxygen atoms in total. The minimum atomic E-state index is -0.759. The van der Waals surface area contributed by atoms with Crippen LogP contribution < -0.4 is 16.0 Å². The second-order valence-corrected chi connectivity index (χ2v) is 7.51. The monoisotopic (exact) mass is 507 g/mol.